The van der Waals surface area contributed by atoms with Crippen LogP contribution in [0.3, 0.4) is 0 Å². The third-order valence-electron chi connectivity index (χ3n) is 3.97. The first kappa shape index (κ1) is 19.1. The van der Waals surface area contributed by atoms with Crippen LogP contribution in [0.5, 0.6) is 0 Å². The summed E-state index contributed by atoms with van der Waals surface area (Å²) in [5, 5.41) is 12.9. The van der Waals surface area contributed by atoms with Crippen molar-refractivity contribution in [1.29, 1.82) is 0 Å². The number of amides is 1. The molecule has 3 rings (SSSR count). The molecule has 7 heteroatoms. The van der Waals surface area contributed by atoms with Crippen molar-refractivity contribution in [2.24, 2.45) is 0 Å². The van der Waals surface area contributed by atoms with Crippen LogP contribution in [-0.4, -0.2) is 27.6 Å². The minimum absolute atomic E-state index is 0.0179. The van der Waals surface area contributed by atoms with E-state index in [9.17, 15) is 9.90 Å². The highest BCUT2D eigenvalue weighted by Gasteiger charge is 2.18. The molecular weight excluding hydrogens is 362 g/mol. The van der Waals surface area contributed by atoms with Crippen molar-refractivity contribution < 1.29 is 14.3 Å². The second-order valence-corrected chi connectivity index (χ2v) is 6.98. The van der Waals surface area contributed by atoms with Gasteiger partial charge in [0.2, 0.25) is 0 Å². The molecule has 0 saturated carbocycles. The summed E-state index contributed by atoms with van der Waals surface area (Å²) in [6.45, 7) is 1.99. The molecule has 6 nitrogen and oxygen atoms in total. The molecule has 3 aromatic rings. The van der Waals surface area contributed by atoms with Gasteiger partial charge in [-0.15, -0.1) is 0 Å². The predicted octanol–water partition coefficient (Wildman–Crippen LogP) is 3.52. The number of furan rings is 1. The highest BCUT2D eigenvalue weighted by atomic mass is 32.2. The summed E-state index contributed by atoms with van der Waals surface area (Å²) in [6, 6.07) is 12.8. The molecule has 0 unspecified atom stereocenters. The fraction of sp³-hybridized carbons (Fsp3) is 0.250. The van der Waals surface area contributed by atoms with Gasteiger partial charge in [0.25, 0.3) is 5.91 Å². The molecule has 0 aliphatic heterocycles. The molecule has 0 fully saturated rings. The number of carbonyl (C=O) groups is 1. The van der Waals surface area contributed by atoms with Crippen LogP contribution in [0.2, 0.25) is 0 Å². The average molecular weight is 383 g/mol. The Hall–Kier alpha value is -2.64. The largest absolute Gasteiger partial charge is 0.455 e. The van der Waals surface area contributed by atoms with Gasteiger partial charge in [-0.05, 0) is 37.1 Å². The minimum Gasteiger partial charge on any atom is -0.455 e. The summed E-state index contributed by atoms with van der Waals surface area (Å²) < 4.78 is 5.65. The molecule has 0 aliphatic carbocycles. The molecule has 1 amide bonds. The van der Waals surface area contributed by atoms with Crippen LogP contribution in [0.15, 0.2) is 64.4 Å². The van der Waals surface area contributed by atoms with E-state index in [4.69, 9.17) is 4.42 Å². The molecule has 140 valence electrons. The molecule has 1 aromatic carbocycles. The number of aliphatic hydroxyl groups is 1. The second-order valence-electron chi connectivity index (χ2n) is 6.04. The Labute approximate surface area is 162 Å². The van der Waals surface area contributed by atoms with Crippen LogP contribution in [0.1, 0.15) is 39.9 Å². The highest BCUT2D eigenvalue weighted by molar-refractivity contribution is 7.98. The van der Waals surface area contributed by atoms with E-state index < -0.39 is 0 Å². The lowest BCUT2D eigenvalue weighted by atomic mass is 10.0. The normalized spacial score (nSPS) is 11.9. The topological polar surface area (TPSA) is 88.2 Å². The highest BCUT2D eigenvalue weighted by Crippen LogP contribution is 2.22. The zero-order valence-corrected chi connectivity index (χ0v) is 15.8. The molecule has 27 heavy (non-hydrogen) atoms. The Morgan fingerprint density at radius 2 is 1.93 bits per heavy atom. The third-order valence-corrected chi connectivity index (χ3v) is 4.87. The number of benzene rings is 1. The number of aliphatic hydroxyl groups excluding tert-OH is 1. The molecule has 0 saturated heterocycles. The SMILES string of the molecule is Cc1ccc([C@@H](CCO)NC(=O)c2ccc(CSc3ncccn3)o2)cc1. The molecule has 1 atom stereocenters. The summed E-state index contributed by atoms with van der Waals surface area (Å²) >= 11 is 1.44. The van der Waals surface area contributed by atoms with Gasteiger partial charge in [-0.2, -0.15) is 0 Å². The van der Waals surface area contributed by atoms with E-state index in [1.54, 1.807) is 30.6 Å². The quantitative estimate of drug-likeness (QED) is 0.457. The number of nitrogens with zero attached hydrogens (tertiary/aromatic N) is 2. The van der Waals surface area contributed by atoms with Gasteiger partial charge in [0.1, 0.15) is 5.76 Å². The molecule has 0 bridgehead atoms. The van der Waals surface area contributed by atoms with Crippen molar-refractivity contribution in [3.8, 4) is 0 Å². The molecule has 2 N–H and O–H groups in total. The molecule has 0 aliphatic rings. The first-order valence-corrected chi connectivity index (χ1v) is 9.61. The minimum atomic E-state index is -0.304. The Morgan fingerprint density at radius 3 is 2.63 bits per heavy atom. The molecule has 2 heterocycles. The van der Waals surface area contributed by atoms with Gasteiger partial charge in [-0.3, -0.25) is 4.79 Å². The lowest BCUT2D eigenvalue weighted by molar-refractivity contribution is 0.0900. The standard InChI is InChI=1S/C20H21N3O3S/c1-14-3-5-15(6-4-14)17(9-12-24)23-19(25)18-8-7-16(26-18)13-27-20-21-10-2-11-22-20/h2-8,10-11,17,24H,9,12-13H2,1H3,(H,23,25)/t17-/m1/s1. The zero-order chi connectivity index (χ0) is 19.1. The van der Waals surface area contributed by atoms with Crippen molar-refractivity contribution in [3.05, 3.63) is 77.5 Å². The summed E-state index contributed by atoms with van der Waals surface area (Å²) in [6.07, 6.45) is 3.80. The maximum atomic E-state index is 12.5. The van der Waals surface area contributed by atoms with Crippen LogP contribution in [0, 0.1) is 6.92 Å². The fourth-order valence-corrected chi connectivity index (χ4v) is 3.25. The van der Waals surface area contributed by atoms with Crippen LogP contribution < -0.4 is 5.32 Å². The van der Waals surface area contributed by atoms with Crippen molar-refractivity contribution in [1.82, 2.24) is 15.3 Å². The van der Waals surface area contributed by atoms with Gasteiger partial charge in [-0.25, -0.2) is 9.97 Å². The van der Waals surface area contributed by atoms with Gasteiger partial charge >= 0.3 is 0 Å². The summed E-state index contributed by atoms with van der Waals surface area (Å²) in [5.41, 5.74) is 2.09. The van der Waals surface area contributed by atoms with E-state index in [2.05, 4.69) is 15.3 Å². The van der Waals surface area contributed by atoms with Crippen molar-refractivity contribution in [2.45, 2.75) is 30.3 Å². The Bertz CT molecular complexity index is 866. The predicted molar refractivity (Wildman–Crippen MR) is 103 cm³/mol. The number of thioether (sulfide) groups is 1. The van der Waals surface area contributed by atoms with Gasteiger partial charge in [0.05, 0.1) is 11.8 Å². The van der Waals surface area contributed by atoms with Crippen molar-refractivity contribution in [2.75, 3.05) is 6.61 Å². The number of aryl methyl sites for hydroxylation is 1. The monoisotopic (exact) mass is 383 g/mol. The lowest BCUT2D eigenvalue weighted by Crippen LogP contribution is -2.29. The molecule has 0 radical (unpaired) electrons. The van der Waals surface area contributed by atoms with Crippen LogP contribution in [0.4, 0.5) is 0 Å². The first-order valence-electron chi connectivity index (χ1n) is 8.62. The number of aromatic nitrogens is 2. The van der Waals surface area contributed by atoms with Gasteiger partial charge in [0.15, 0.2) is 10.9 Å². The Balaban J connectivity index is 1.62. The summed E-state index contributed by atoms with van der Waals surface area (Å²) in [5.74, 6) is 1.15. The van der Waals surface area contributed by atoms with Gasteiger partial charge in [-0.1, -0.05) is 41.6 Å². The van der Waals surface area contributed by atoms with E-state index >= 15 is 0 Å². The molecule has 2 aromatic heterocycles. The second kappa shape index (κ2) is 9.34. The number of hydrogen-bond acceptors (Lipinski definition) is 6. The Morgan fingerprint density at radius 1 is 1.19 bits per heavy atom. The maximum Gasteiger partial charge on any atom is 0.287 e. The van der Waals surface area contributed by atoms with Gasteiger partial charge in [0, 0.05) is 19.0 Å². The van der Waals surface area contributed by atoms with Crippen LogP contribution >= 0.6 is 11.8 Å². The fourth-order valence-electron chi connectivity index (χ4n) is 2.55. The van der Waals surface area contributed by atoms with E-state index in [1.165, 1.54) is 11.8 Å². The lowest BCUT2D eigenvalue weighted by Gasteiger charge is -2.17. The van der Waals surface area contributed by atoms with Crippen LogP contribution in [0.25, 0.3) is 0 Å². The Kier molecular flexibility index (Phi) is 6.62. The summed E-state index contributed by atoms with van der Waals surface area (Å²) in [4.78, 5) is 20.8. The van der Waals surface area contributed by atoms with E-state index in [-0.39, 0.29) is 24.3 Å². The van der Waals surface area contributed by atoms with Crippen LogP contribution in [-0.2, 0) is 5.75 Å². The summed E-state index contributed by atoms with van der Waals surface area (Å²) in [7, 11) is 0. The number of carbonyl (C=O) groups excluding carboxylic acids is 1. The number of hydrogen-bond donors (Lipinski definition) is 2. The molecule has 0 spiro atoms. The van der Waals surface area contributed by atoms with Gasteiger partial charge < -0.3 is 14.8 Å². The average Bonchev–Trinajstić information content (AvgIpc) is 3.17. The van der Waals surface area contributed by atoms with E-state index in [0.717, 1.165) is 11.1 Å². The molecular formula is C20H21N3O3S. The number of nitrogens with one attached hydrogen (secondary N) is 1. The number of rotatable bonds is 8. The van der Waals surface area contributed by atoms with Crippen molar-refractivity contribution >= 4 is 17.7 Å². The van der Waals surface area contributed by atoms with E-state index in [1.807, 2.05) is 31.2 Å². The first-order chi connectivity index (χ1) is 13.2. The van der Waals surface area contributed by atoms with Crippen molar-refractivity contribution in [3.63, 3.8) is 0 Å². The maximum absolute atomic E-state index is 12.5. The van der Waals surface area contributed by atoms with E-state index in [0.29, 0.717) is 23.1 Å². The zero-order valence-electron chi connectivity index (χ0n) is 15.0. The third kappa shape index (κ3) is 5.42. The smallest absolute Gasteiger partial charge is 0.287 e.